The van der Waals surface area contributed by atoms with Gasteiger partial charge in [0.05, 0.1) is 6.17 Å². The monoisotopic (exact) mass is 269 g/mol. The molecule has 4 nitrogen and oxygen atoms in total. The van der Waals surface area contributed by atoms with Crippen molar-refractivity contribution in [2.75, 3.05) is 0 Å². The summed E-state index contributed by atoms with van der Waals surface area (Å²) >= 11 is 0. The van der Waals surface area contributed by atoms with Gasteiger partial charge in [-0.15, -0.1) is 5.73 Å². The second-order valence-corrected chi connectivity index (χ2v) is 5.42. The van der Waals surface area contributed by atoms with E-state index in [9.17, 15) is 5.73 Å². The molecule has 0 bridgehead atoms. The number of aromatic nitrogens is 1. The van der Waals surface area contributed by atoms with Gasteiger partial charge in [-0.05, 0) is 19.3 Å². The summed E-state index contributed by atoms with van der Waals surface area (Å²) < 4.78 is 5.16. The van der Waals surface area contributed by atoms with Crippen LogP contribution in [0.3, 0.4) is 0 Å². The topological polar surface area (TPSA) is 60.4 Å². The van der Waals surface area contributed by atoms with Crippen LogP contribution in [0.25, 0.3) is 11.3 Å². The van der Waals surface area contributed by atoms with Gasteiger partial charge in [0.15, 0.2) is 0 Å². The molecule has 0 spiro atoms. The molecule has 1 aliphatic heterocycles. The van der Waals surface area contributed by atoms with Crippen molar-refractivity contribution < 1.29 is 4.52 Å². The Kier molecular flexibility index (Phi) is 4.14. The Morgan fingerprint density at radius 2 is 2.00 bits per heavy atom. The first-order chi connectivity index (χ1) is 9.83. The normalized spacial score (nSPS) is 23.4. The SMILES string of the molecule is [N]C1CCCCC(Cc2conc2-c2ccccc2)N1. The molecule has 2 unspecified atom stereocenters. The molecule has 4 heteroatoms. The molecule has 2 atom stereocenters. The minimum absolute atomic E-state index is 0.286. The van der Waals surface area contributed by atoms with E-state index in [-0.39, 0.29) is 12.2 Å². The first-order valence-corrected chi connectivity index (χ1v) is 7.26. The highest BCUT2D eigenvalue weighted by molar-refractivity contribution is 5.62. The lowest BCUT2D eigenvalue weighted by Crippen LogP contribution is -2.38. The van der Waals surface area contributed by atoms with Gasteiger partial charge < -0.3 is 4.52 Å². The Bertz CT molecular complexity index is 538. The molecule has 1 aromatic heterocycles. The quantitative estimate of drug-likeness (QED) is 0.932. The fourth-order valence-electron chi connectivity index (χ4n) is 2.83. The Labute approximate surface area is 119 Å². The van der Waals surface area contributed by atoms with E-state index in [1.807, 2.05) is 30.3 Å². The van der Waals surface area contributed by atoms with Crippen molar-refractivity contribution in [3.63, 3.8) is 0 Å². The molecule has 20 heavy (non-hydrogen) atoms. The number of rotatable bonds is 3. The molecule has 1 saturated heterocycles. The molecule has 0 aliphatic carbocycles. The van der Waals surface area contributed by atoms with Crippen molar-refractivity contribution >= 4 is 0 Å². The van der Waals surface area contributed by atoms with Crippen molar-refractivity contribution in [3.8, 4) is 11.3 Å². The van der Waals surface area contributed by atoms with Crippen molar-refractivity contribution in [2.24, 2.45) is 0 Å². The Morgan fingerprint density at radius 1 is 1.20 bits per heavy atom. The number of nitrogens with one attached hydrogen (secondary N) is 1. The maximum atomic E-state index is 9.82. The maximum absolute atomic E-state index is 9.82. The van der Waals surface area contributed by atoms with E-state index in [0.29, 0.717) is 0 Å². The Hall–Kier alpha value is -1.65. The summed E-state index contributed by atoms with van der Waals surface area (Å²) in [5.41, 5.74) is 12.9. The lowest BCUT2D eigenvalue weighted by atomic mass is 9.99. The van der Waals surface area contributed by atoms with Crippen LogP contribution in [0.1, 0.15) is 31.2 Å². The van der Waals surface area contributed by atoms with Crippen molar-refractivity contribution in [3.05, 3.63) is 42.2 Å². The molecule has 1 fully saturated rings. The van der Waals surface area contributed by atoms with E-state index >= 15 is 0 Å². The van der Waals surface area contributed by atoms with Gasteiger partial charge in [-0.2, -0.15) is 0 Å². The predicted octanol–water partition coefficient (Wildman–Crippen LogP) is 2.81. The summed E-state index contributed by atoms with van der Waals surface area (Å²) in [6.45, 7) is 0. The lowest BCUT2D eigenvalue weighted by molar-refractivity contribution is 0.413. The van der Waals surface area contributed by atoms with Gasteiger partial charge in [0.1, 0.15) is 12.0 Å². The molecular formula is C16H19N3O. The minimum atomic E-state index is -0.387. The largest absolute Gasteiger partial charge is 0.364 e. The summed E-state index contributed by atoms with van der Waals surface area (Å²) in [5.74, 6) is 0. The second-order valence-electron chi connectivity index (χ2n) is 5.42. The van der Waals surface area contributed by atoms with E-state index < -0.39 is 0 Å². The molecule has 3 rings (SSSR count). The van der Waals surface area contributed by atoms with Crippen LogP contribution in [0.2, 0.25) is 0 Å². The van der Waals surface area contributed by atoms with E-state index in [2.05, 4.69) is 10.5 Å². The number of hydrogen-bond acceptors (Lipinski definition) is 3. The zero-order chi connectivity index (χ0) is 13.8. The van der Waals surface area contributed by atoms with Crippen LogP contribution in [0.5, 0.6) is 0 Å². The molecule has 1 aromatic carbocycles. The molecule has 2 radical (unpaired) electrons. The van der Waals surface area contributed by atoms with Gasteiger partial charge in [-0.25, -0.2) is 0 Å². The Morgan fingerprint density at radius 3 is 2.85 bits per heavy atom. The average molecular weight is 269 g/mol. The highest BCUT2D eigenvalue weighted by Gasteiger charge is 2.20. The molecule has 0 saturated carbocycles. The van der Waals surface area contributed by atoms with Gasteiger partial charge in [0, 0.05) is 17.2 Å². The van der Waals surface area contributed by atoms with Crippen molar-refractivity contribution in [1.82, 2.24) is 16.2 Å². The van der Waals surface area contributed by atoms with Crippen molar-refractivity contribution in [2.45, 2.75) is 44.3 Å². The van der Waals surface area contributed by atoms with Crippen LogP contribution in [-0.4, -0.2) is 17.4 Å². The standard InChI is InChI=1S/C16H19N3O/c17-15-9-5-4-8-14(18-15)10-13-11-20-19-16(13)12-6-2-1-3-7-12/h1-3,6-7,11,14-15,18H,4-5,8-10H2. The fourth-order valence-corrected chi connectivity index (χ4v) is 2.83. The fraction of sp³-hybridized carbons (Fsp3) is 0.438. The smallest absolute Gasteiger partial charge is 0.127 e. The average Bonchev–Trinajstić information content (AvgIpc) is 2.82. The van der Waals surface area contributed by atoms with Gasteiger partial charge in [0.2, 0.25) is 0 Å². The molecular weight excluding hydrogens is 250 g/mol. The predicted molar refractivity (Wildman–Crippen MR) is 77.0 cm³/mol. The molecule has 2 aromatic rings. The molecule has 0 amide bonds. The zero-order valence-corrected chi connectivity index (χ0v) is 11.5. The summed E-state index contributed by atoms with van der Waals surface area (Å²) in [6.07, 6.45) is 6.33. The first-order valence-electron chi connectivity index (χ1n) is 7.26. The zero-order valence-electron chi connectivity index (χ0n) is 11.5. The van der Waals surface area contributed by atoms with Gasteiger partial charge in [-0.1, -0.05) is 48.3 Å². The minimum Gasteiger partial charge on any atom is -0.364 e. The van der Waals surface area contributed by atoms with E-state index in [1.165, 1.54) is 0 Å². The highest BCUT2D eigenvalue weighted by Crippen LogP contribution is 2.24. The van der Waals surface area contributed by atoms with Crippen LogP contribution in [0, 0.1) is 0 Å². The number of benzene rings is 1. The van der Waals surface area contributed by atoms with E-state index in [4.69, 9.17) is 4.52 Å². The van der Waals surface area contributed by atoms with Crippen LogP contribution in [0.4, 0.5) is 0 Å². The lowest BCUT2D eigenvalue weighted by Gasteiger charge is -2.17. The van der Waals surface area contributed by atoms with Gasteiger partial charge >= 0.3 is 0 Å². The van der Waals surface area contributed by atoms with E-state index in [1.54, 1.807) is 6.26 Å². The first kappa shape index (κ1) is 13.3. The third-order valence-corrected chi connectivity index (χ3v) is 3.86. The summed E-state index contributed by atoms with van der Waals surface area (Å²) in [5, 5.41) is 7.41. The van der Waals surface area contributed by atoms with Crippen LogP contribution in [-0.2, 0) is 6.42 Å². The van der Waals surface area contributed by atoms with Crippen molar-refractivity contribution in [1.29, 1.82) is 0 Å². The second kappa shape index (κ2) is 6.20. The van der Waals surface area contributed by atoms with Crippen LogP contribution in [0.15, 0.2) is 41.1 Å². The third kappa shape index (κ3) is 3.08. The molecule has 104 valence electrons. The molecule has 1 aliphatic rings. The maximum Gasteiger partial charge on any atom is 0.127 e. The summed E-state index contributed by atoms with van der Waals surface area (Å²) in [7, 11) is 0. The van der Waals surface area contributed by atoms with E-state index in [0.717, 1.165) is 48.9 Å². The number of hydrogen-bond donors (Lipinski definition) is 1. The summed E-state index contributed by atoms with van der Waals surface area (Å²) in [4.78, 5) is 0. The van der Waals surface area contributed by atoms with Crippen LogP contribution >= 0.6 is 0 Å². The van der Waals surface area contributed by atoms with Gasteiger partial charge in [0.25, 0.3) is 0 Å². The number of nitrogens with zero attached hydrogens (tertiary/aromatic N) is 2. The highest BCUT2D eigenvalue weighted by atomic mass is 16.5. The third-order valence-electron chi connectivity index (χ3n) is 3.86. The summed E-state index contributed by atoms with van der Waals surface area (Å²) in [6, 6.07) is 10.4. The van der Waals surface area contributed by atoms with Crippen LogP contribution < -0.4 is 11.1 Å². The molecule has 2 heterocycles. The van der Waals surface area contributed by atoms with Gasteiger partial charge in [-0.3, -0.25) is 5.32 Å². The Balaban J connectivity index is 1.76. The molecule has 1 N–H and O–H groups in total.